The number of urea groups is 1. The van der Waals surface area contributed by atoms with Gasteiger partial charge in [0.2, 0.25) is 0 Å². The summed E-state index contributed by atoms with van der Waals surface area (Å²) in [7, 11) is 0. The van der Waals surface area contributed by atoms with Crippen molar-refractivity contribution in [3.63, 3.8) is 0 Å². The third-order valence-electron chi connectivity index (χ3n) is 4.11. The molecule has 2 aromatic rings. The molecule has 24 heavy (non-hydrogen) atoms. The SMILES string of the molecule is O=C(NCc1ccc(N2CCCCCC2)nc1)Nc1cccnc1. The van der Waals surface area contributed by atoms with Crippen LogP contribution >= 0.6 is 0 Å². The second kappa shape index (κ2) is 8.29. The summed E-state index contributed by atoms with van der Waals surface area (Å²) in [5, 5.41) is 5.57. The molecule has 0 aromatic carbocycles. The van der Waals surface area contributed by atoms with E-state index in [0.29, 0.717) is 12.2 Å². The van der Waals surface area contributed by atoms with Crippen LogP contribution in [0.5, 0.6) is 0 Å². The summed E-state index contributed by atoms with van der Waals surface area (Å²) in [6.45, 7) is 2.61. The molecule has 0 aliphatic carbocycles. The number of carbonyl (C=O) groups excluding carboxylic acids is 1. The van der Waals surface area contributed by atoms with E-state index in [1.807, 2.05) is 18.3 Å². The van der Waals surface area contributed by atoms with Gasteiger partial charge in [-0.05, 0) is 36.6 Å². The first-order valence-electron chi connectivity index (χ1n) is 8.46. The zero-order chi connectivity index (χ0) is 16.6. The van der Waals surface area contributed by atoms with Crippen molar-refractivity contribution in [2.75, 3.05) is 23.3 Å². The van der Waals surface area contributed by atoms with Crippen molar-refractivity contribution in [2.24, 2.45) is 0 Å². The molecule has 126 valence electrons. The Hall–Kier alpha value is -2.63. The highest BCUT2D eigenvalue weighted by Gasteiger charge is 2.10. The summed E-state index contributed by atoms with van der Waals surface area (Å²) < 4.78 is 0. The molecule has 2 aromatic heterocycles. The van der Waals surface area contributed by atoms with Crippen LogP contribution < -0.4 is 15.5 Å². The highest BCUT2D eigenvalue weighted by Crippen LogP contribution is 2.17. The van der Waals surface area contributed by atoms with E-state index in [1.165, 1.54) is 25.7 Å². The summed E-state index contributed by atoms with van der Waals surface area (Å²) in [4.78, 5) is 22.7. The van der Waals surface area contributed by atoms with Crippen LogP contribution in [0.25, 0.3) is 0 Å². The molecule has 0 atom stereocenters. The summed E-state index contributed by atoms with van der Waals surface area (Å²) in [5.74, 6) is 1.03. The van der Waals surface area contributed by atoms with E-state index < -0.39 is 0 Å². The van der Waals surface area contributed by atoms with Gasteiger partial charge in [-0.15, -0.1) is 0 Å². The fraction of sp³-hybridized carbons (Fsp3) is 0.389. The van der Waals surface area contributed by atoms with Gasteiger partial charge in [-0.25, -0.2) is 9.78 Å². The molecular formula is C18H23N5O. The standard InChI is InChI=1S/C18H23N5O/c24-18(22-16-6-5-9-19-14-16)21-13-15-7-8-17(20-12-15)23-10-3-1-2-4-11-23/h5-9,12,14H,1-4,10-11,13H2,(H2,21,22,24). The van der Waals surface area contributed by atoms with Crippen molar-refractivity contribution >= 4 is 17.5 Å². The van der Waals surface area contributed by atoms with Gasteiger partial charge in [-0.3, -0.25) is 4.98 Å². The van der Waals surface area contributed by atoms with Crippen LogP contribution in [0.2, 0.25) is 0 Å². The minimum Gasteiger partial charge on any atom is -0.357 e. The highest BCUT2D eigenvalue weighted by atomic mass is 16.2. The Kier molecular flexibility index (Phi) is 5.61. The summed E-state index contributed by atoms with van der Waals surface area (Å²) in [6.07, 6.45) is 10.2. The third-order valence-corrected chi connectivity index (χ3v) is 4.11. The molecular weight excluding hydrogens is 302 g/mol. The minimum atomic E-state index is -0.250. The van der Waals surface area contributed by atoms with E-state index in [9.17, 15) is 4.79 Å². The predicted octanol–water partition coefficient (Wildman–Crippen LogP) is 3.18. The molecule has 0 unspecified atom stereocenters. The average Bonchev–Trinajstić information content (AvgIpc) is 2.91. The molecule has 0 radical (unpaired) electrons. The third kappa shape index (κ3) is 4.68. The zero-order valence-corrected chi connectivity index (χ0v) is 13.7. The predicted molar refractivity (Wildman–Crippen MR) is 95.0 cm³/mol. The maximum atomic E-state index is 11.9. The highest BCUT2D eigenvalue weighted by molar-refractivity contribution is 5.88. The number of anilines is 2. The van der Waals surface area contributed by atoms with Crippen LogP contribution in [-0.4, -0.2) is 29.1 Å². The number of rotatable bonds is 4. The first kappa shape index (κ1) is 16.2. The van der Waals surface area contributed by atoms with Crippen molar-refractivity contribution in [3.05, 3.63) is 48.4 Å². The van der Waals surface area contributed by atoms with Gasteiger partial charge in [-0.2, -0.15) is 0 Å². The fourth-order valence-electron chi connectivity index (χ4n) is 2.80. The van der Waals surface area contributed by atoms with Crippen LogP contribution in [0.1, 0.15) is 31.2 Å². The molecule has 6 nitrogen and oxygen atoms in total. The monoisotopic (exact) mass is 325 g/mol. The normalized spacial score (nSPS) is 14.8. The maximum absolute atomic E-state index is 11.9. The first-order valence-corrected chi connectivity index (χ1v) is 8.46. The van der Waals surface area contributed by atoms with Crippen molar-refractivity contribution in [1.29, 1.82) is 0 Å². The second-order valence-electron chi connectivity index (χ2n) is 5.98. The number of pyridine rings is 2. The van der Waals surface area contributed by atoms with E-state index in [1.54, 1.807) is 24.5 Å². The molecule has 0 bridgehead atoms. The summed E-state index contributed by atoms with van der Waals surface area (Å²) >= 11 is 0. The molecule has 1 fully saturated rings. The van der Waals surface area contributed by atoms with Crippen LogP contribution in [-0.2, 0) is 6.54 Å². The molecule has 0 spiro atoms. The molecule has 1 saturated heterocycles. The molecule has 3 heterocycles. The van der Waals surface area contributed by atoms with E-state index in [4.69, 9.17) is 0 Å². The zero-order valence-electron chi connectivity index (χ0n) is 13.7. The van der Waals surface area contributed by atoms with Crippen molar-refractivity contribution in [3.8, 4) is 0 Å². The Morgan fingerprint density at radius 1 is 1.08 bits per heavy atom. The van der Waals surface area contributed by atoms with Gasteiger partial charge in [-0.1, -0.05) is 18.9 Å². The summed E-state index contributed by atoms with van der Waals surface area (Å²) in [5.41, 5.74) is 1.65. The van der Waals surface area contributed by atoms with E-state index in [0.717, 1.165) is 24.5 Å². The van der Waals surface area contributed by atoms with Crippen molar-refractivity contribution in [2.45, 2.75) is 32.2 Å². The largest absolute Gasteiger partial charge is 0.357 e. The molecule has 3 rings (SSSR count). The summed E-state index contributed by atoms with van der Waals surface area (Å²) in [6, 6.07) is 7.39. The Morgan fingerprint density at radius 2 is 1.92 bits per heavy atom. The molecule has 6 heteroatoms. The van der Waals surface area contributed by atoms with Crippen molar-refractivity contribution < 1.29 is 4.79 Å². The van der Waals surface area contributed by atoms with Crippen molar-refractivity contribution in [1.82, 2.24) is 15.3 Å². The van der Waals surface area contributed by atoms with E-state index in [-0.39, 0.29) is 6.03 Å². The Balaban J connectivity index is 1.49. The molecule has 0 saturated carbocycles. The Labute approximate surface area is 142 Å². The van der Waals surface area contributed by atoms with Crippen LogP contribution in [0.4, 0.5) is 16.3 Å². The van der Waals surface area contributed by atoms with Crippen LogP contribution in [0.15, 0.2) is 42.9 Å². The van der Waals surface area contributed by atoms with E-state index in [2.05, 4.69) is 25.5 Å². The number of amides is 2. The molecule has 2 amide bonds. The van der Waals surface area contributed by atoms with Gasteiger partial charge in [0.1, 0.15) is 5.82 Å². The number of aromatic nitrogens is 2. The lowest BCUT2D eigenvalue weighted by Crippen LogP contribution is -2.28. The lowest BCUT2D eigenvalue weighted by atomic mass is 10.2. The number of nitrogens with zero attached hydrogens (tertiary/aromatic N) is 3. The number of hydrogen-bond donors (Lipinski definition) is 2. The Morgan fingerprint density at radius 3 is 2.58 bits per heavy atom. The van der Waals surface area contributed by atoms with Crippen LogP contribution in [0, 0.1) is 0 Å². The number of nitrogens with one attached hydrogen (secondary N) is 2. The topological polar surface area (TPSA) is 70.2 Å². The first-order chi connectivity index (χ1) is 11.8. The average molecular weight is 325 g/mol. The van der Waals surface area contributed by atoms with E-state index >= 15 is 0 Å². The Bertz CT molecular complexity index is 636. The van der Waals surface area contributed by atoms with Gasteiger partial charge < -0.3 is 15.5 Å². The molecule has 1 aliphatic heterocycles. The number of carbonyl (C=O) groups is 1. The number of hydrogen-bond acceptors (Lipinski definition) is 4. The van der Waals surface area contributed by atoms with Gasteiger partial charge >= 0.3 is 6.03 Å². The quantitative estimate of drug-likeness (QED) is 0.906. The fourth-order valence-corrected chi connectivity index (χ4v) is 2.80. The minimum absolute atomic E-state index is 0.250. The second-order valence-corrected chi connectivity index (χ2v) is 5.98. The van der Waals surface area contributed by atoms with Gasteiger partial charge in [0.15, 0.2) is 0 Å². The maximum Gasteiger partial charge on any atom is 0.319 e. The smallest absolute Gasteiger partial charge is 0.319 e. The van der Waals surface area contributed by atoms with Gasteiger partial charge in [0.25, 0.3) is 0 Å². The van der Waals surface area contributed by atoms with Crippen LogP contribution in [0.3, 0.4) is 0 Å². The van der Waals surface area contributed by atoms with Gasteiger partial charge in [0, 0.05) is 32.0 Å². The lowest BCUT2D eigenvalue weighted by molar-refractivity contribution is 0.251. The molecule has 1 aliphatic rings. The molecule has 2 N–H and O–H groups in total. The lowest BCUT2D eigenvalue weighted by Gasteiger charge is -2.21. The van der Waals surface area contributed by atoms with Gasteiger partial charge in [0.05, 0.1) is 11.9 Å².